The molecule has 7 heteroatoms. The molecule has 2 rings (SSSR count). The number of phenolic OH excluding ortho intramolecular Hbond substituents is 1. The fourth-order valence-corrected chi connectivity index (χ4v) is 1.79. The fourth-order valence-electron chi connectivity index (χ4n) is 1.79. The first-order valence-corrected chi connectivity index (χ1v) is 5.85. The van der Waals surface area contributed by atoms with Crippen LogP contribution in [0.1, 0.15) is 19.4 Å². The molecular weight excluding hydrogens is 273 g/mol. The van der Waals surface area contributed by atoms with Gasteiger partial charge in [0.15, 0.2) is 0 Å². The van der Waals surface area contributed by atoms with Crippen LogP contribution >= 0.6 is 0 Å². The minimum absolute atomic E-state index is 0.0258. The van der Waals surface area contributed by atoms with Crippen LogP contribution in [0.5, 0.6) is 11.6 Å². The number of nitrogens with zero attached hydrogens (tertiary/aromatic N) is 1. The number of nitrogen functional groups attached to an aromatic ring is 1. The number of rotatable bonds is 2. The standard InChI is InChI=1S/C13H13F3N2O2/c1-6(2)20-12-4-8(13(14,15)16)7-3-9(17)11(19)5-10(7)18-12/h3-6,19H,17H2,1-2H3. The molecule has 4 nitrogen and oxygen atoms in total. The summed E-state index contributed by atoms with van der Waals surface area (Å²) in [5, 5.41) is 9.32. The van der Waals surface area contributed by atoms with Crippen molar-refractivity contribution in [2.45, 2.75) is 26.1 Å². The van der Waals surface area contributed by atoms with E-state index in [0.717, 1.165) is 18.2 Å². The van der Waals surface area contributed by atoms with Gasteiger partial charge >= 0.3 is 6.18 Å². The molecular formula is C13H13F3N2O2. The van der Waals surface area contributed by atoms with E-state index in [1.807, 2.05) is 0 Å². The maximum atomic E-state index is 13.1. The molecule has 0 bridgehead atoms. The number of pyridine rings is 1. The van der Waals surface area contributed by atoms with Crippen LogP contribution in [-0.2, 0) is 6.18 Å². The lowest BCUT2D eigenvalue weighted by molar-refractivity contribution is -0.136. The molecule has 0 amide bonds. The number of hydrogen-bond acceptors (Lipinski definition) is 4. The Morgan fingerprint density at radius 2 is 1.90 bits per heavy atom. The highest BCUT2D eigenvalue weighted by Gasteiger charge is 2.34. The second-order valence-corrected chi connectivity index (χ2v) is 4.60. The Bertz CT molecular complexity index is 654. The molecule has 108 valence electrons. The molecule has 1 aromatic carbocycles. The molecule has 0 spiro atoms. The van der Waals surface area contributed by atoms with Crippen molar-refractivity contribution in [1.82, 2.24) is 4.98 Å². The zero-order valence-electron chi connectivity index (χ0n) is 10.8. The summed E-state index contributed by atoms with van der Waals surface area (Å²) in [6.07, 6.45) is -4.89. The van der Waals surface area contributed by atoms with Crippen molar-refractivity contribution in [3.8, 4) is 11.6 Å². The van der Waals surface area contributed by atoms with Crippen molar-refractivity contribution in [2.24, 2.45) is 0 Å². The lowest BCUT2D eigenvalue weighted by atomic mass is 10.1. The third kappa shape index (κ3) is 2.71. The van der Waals surface area contributed by atoms with E-state index in [-0.39, 0.29) is 34.3 Å². The predicted molar refractivity (Wildman–Crippen MR) is 68.6 cm³/mol. The summed E-state index contributed by atoms with van der Waals surface area (Å²) in [7, 11) is 0. The summed E-state index contributed by atoms with van der Waals surface area (Å²) >= 11 is 0. The molecule has 0 fully saturated rings. The van der Waals surface area contributed by atoms with Gasteiger partial charge in [-0.15, -0.1) is 0 Å². The fraction of sp³-hybridized carbons (Fsp3) is 0.308. The molecule has 0 atom stereocenters. The van der Waals surface area contributed by atoms with E-state index in [2.05, 4.69) is 4.98 Å². The van der Waals surface area contributed by atoms with Gasteiger partial charge in [0.25, 0.3) is 0 Å². The number of aromatic nitrogens is 1. The Balaban J connectivity index is 2.75. The highest BCUT2D eigenvalue weighted by atomic mass is 19.4. The summed E-state index contributed by atoms with van der Waals surface area (Å²) in [6, 6.07) is 2.98. The van der Waals surface area contributed by atoms with E-state index in [1.54, 1.807) is 13.8 Å². The SMILES string of the molecule is CC(C)Oc1cc(C(F)(F)F)c2cc(N)c(O)cc2n1. The van der Waals surface area contributed by atoms with Crippen LogP contribution in [0, 0.1) is 0 Å². The maximum absolute atomic E-state index is 13.1. The number of anilines is 1. The monoisotopic (exact) mass is 286 g/mol. The number of aromatic hydroxyl groups is 1. The number of hydrogen-bond donors (Lipinski definition) is 2. The van der Waals surface area contributed by atoms with Crippen molar-refractivity contribution < 1.29 is 23.0 Å². The largest absolute Gasteiger partial charge is 0.506 e. The minimum Gasteiger partial charge on any atom is -0.506 e. The van der Waals surface area contributed by atoms with Gasteiger partial charge in [-0.05, 0) is 19.9 Å². The van der Waals surface area contributed by atoms with Crippen molar-refractivity contribution in [3.05, 3.63) is 23.8 Å². The molecule has 1 aromatic heterocycles. The van der Waals surface area contributed by atoms with Crippen molar-refractivity contribution >= 4 is 16.6 Å². The summed E-state index contributed by atoms with van der Waals surface area (Å²) < 4.78 is 44.4. The van der Waals surface area contributed by atoms with Gasteiger partial charge < -0.3 is 15.6 Å². The Morgan fingerprint density at radius 3 is 2.45 bits per heavy atom. The second-order valence-electron chi connectivity index (χ2n) is 4.60. The smallest absolute Gasteiger partial charge is 0.417 e. The number of benzene rings is 1. The van der Waals surface area contributed by atoms with Crippen LogP contribution in [0.2, 0.25) is 0 Å². The Kier molecular flexibility index (Phi) is 3.37. The van der Waals surface area contributed by atoms with Gasteiger partial charge in [-0.25, -0.2) is 4.98 Å². The zero-order chi connectivity index (χ0) is 15.1. The lowest BCUT2D eigenvalue weighted by Gasteiger charge is -2.15. The van der Waals surface area contributed by atoms with Crippen LogP contribution in [0.4, 0.5) is 18.9 Å². The quantitative estimate of drug-likeness (QED) is 0.656. The van der Waals surface area contributed by atoms with Crippen LogP contribution in [0.15, 0.2) is 18.2 Å². The van der Waals surface area contributed by atoms with Gasteiger partial charge in [-0.1, -0.05) is 0 Å². The lowest BCUT2D eigenvalue weighted by Crippen LogP contribution is -2.11. The van der Waals surface area contributed by atoms with E-state index < -0.39 is 11.7 Å². The van der Waals surface area contributed by atoms with Gasteiger partial charge in [0.1, 0.15) is 5.75 Å². The maximum Gasteiger partial charge on any atom is 0.417 e. The third-order valence-electron chi connectivity index (χ3n) is 2.60. The second kappa shape index (κ2) is 4.73. The van der Waals surface area contributed by atoms with E-state index in [0.29, 0.717) is 0 Å². The van der Waals surface area contributed by atoms with Crippen LogP contribution in [0.3, 0.4) is 0 Å². The van der Waals surface area contributed by atoms with Crippen LogP contribution in [-0.4, -0.2) is 16.2 Å². The average Bonchev–Trinajstić information content (AvgIpc) is 2.28. The number of ether oxygens (including phenoxy) is 1. The van der Waals surface area contributed by atoms with Gasteiger partial charge in [0.2, 0.25) is 5.88 Å². The molecule has 0 radical (unpaired) electrons. The summed E-state index contributed by atoms with van der Waals surface area (Å²) in [5.41, 5.74) is 4.38. The number of alkyl halides is 3. The van der Waals surface area contributed by atoms with Gasteiger partial charge in [0, 0.05) is 17.5 Å². The van der Waals surface area contributed by atoms with Crippen LogP contribution in [0.25, 0.3) is 10.9 Å². The van der Waals surface area contributed by atoms with E-state index in [1.165, 1.54) is 0 Å². The van der Waals surface area contributed by atoms with E-state index in [9.17, 15) is 18.3 Å². The molecule has 0 unspecified atom stereocenters. The van der Waals surface area contributed by atoms with Gasteiger partial charge in [-0.2, -0.15) is 13.2 Å². The molecule has 2 aromatic rings. The normalized spacial score (nSPS) is 12.1. The number of halogens is 3. The Hall–Kier alpha value is -2.18. The molecule has 0 saturated heterocycles. The molecule has 0 aliphatic rings. The Labute approximate surface area is 113 Å². The molecule has 0 saturated carbocycles. The predicted octanol–water partition coefficient (Wildman–Crippen LogP) is 3.33. The number of phenols is 1. The van der Waals surface area contributed by atoms with Crippen molar-refractivity contribution in [3.63, 3.8) is 0 Å². The molecule has 1 heterocycles. The third-order valence-corrected chi connectivity index (χ3v) is 2.60. The first-order valence-electron chi connectivity index (χ1n) is 5.85. The minimum atomic E-state index is -4.57. The summed E-state index contributed by atoms with van der Waals surface area (Å²) in [4.78, 5) is 3.95. The first-order chi connectivity index (χ1) is 9.18. The summed E-state index contributed by atoms with van der Waals surface area (Å²) in [6.45, 7) is 3.36. The molecule has 3 N–H and O–H groups in total. The number of fused-ring (bicyclic) bond motifs is 1. The molecule has 0 aliphatic carbocycles. The van der Waals surface area contributed by atoms with Crippen LogP contribution < -0.4 is 10.5 Å². The number of nitrogens with two attached hydrogens (primary N) is 1. The van der Waals surface area contributed by atoms with Crippen molar-refractivity contribution in [1.29, 1.82) is 0 Å². The Morgan fingerprint density at radius 1 is 1.25 bits per heavy atom. The van der Waals surface area contributed by atoms with Gasteiger partial charge in [-0.3, -0.25) is 0 Å². The van der Waals surface area contributed by atoms with Gasteiger partial charge in [0.05, 0.1) is 22.9 Å². The average molecular weight is 286 g/mol. The highest BCUT2D eigenvalue weighted by Crippen LogP contribution is 2.38. The zero-order valence-corrected chi connectivity index (χ0v) is 10.8. The first kappa shape index (κ1) is 14.2. The van der Waals surface area contributed by atoms with Crippen molar-refractivity contribution in [2.75, 3.05) is 5.73 Å². The molecule has 0 aliphatic heterocycles. The summed E-state index contributed by atoms with van der Waals surface area (Å²) in [5.74, 6) is -0.469. The van der Waals surface area contributed by atoms with E-state index >= 15 is 0 Å². The molecule has 20 heavy (non-hydrogen) atoms. The highest BCUT2D eigenvalue weighted by molar-refractivity contribution is 5.88. The van der Waals surface area contributed by atoms with E-state index in [4.69, 9.17) is 10.5 Å². The topological polar surface area (TPSA) is 68.4 Å².